The summed E-state index contributed by atoms with van der Waals surface area (Å²) in [6, 6.07) is 15.4. The molecule has 80 valence electrons. The molecule has 0 aliphatic heterocycles. The minimum Gasteiger partial charge on any atom is -0.399 e. The molecule has 16 heavy (non-hydrogen) atoms. The largest absolute Gasteiger partial charge is 0.399 e. The summed E-state index contributed by atoms with van der Waals surface area (Å²) in [4.78, 5) is 0. The van der Waals surface area contributed by atoms with E-state index >= 15 is 0 Å². The molecule has 0 saturated heterocycles. The van der Waals surface area contributed by atoms with Gasteiger partial charge in [0.2, 0.25) is 0 Å². The van der Waals surface area contributed by atoms with Crippen LogP contribution in [-0.4, -0.2) is 0 Å². The SMILES string of the molecule is C=C(c1ccccc1)c1ccc(N)cc1Cl. The van der Waals surface area contributed by atoms with Gasteiger partial charge in [0, 0.05) is 11.3 Å². The zero-order valence-electron chi connectivity index (χ0n) is 8.78. The van der Waals surface area contributed by atoms with Gasteiger partial charge in [-0.05, 0) is 23.3 Å². The van der Waals surface area contributed by atoms with Crippen LogP contribution in [0.1, 0.15) is 11.1 Å². The maximum absolute atomic E-state index is 6.13. The average molecular weight is 230 g/mol. The van der Waals surface area contributed by atoms with Crippen LogP contribution in [0.15, 0.2) is 55.1 Å². The van der Waals surface area contributed by atoms with Gasteiger partial charge in [0.15, 0.2) is 0 Å². The third-order valence-electron chi connectivity index (χ3n) is 2.44. The minimum atomic E-state index is 0.633. The molecule has 0 spiro atoms. The summed E-state index contributed by atoms with van der Waals surface area (Å²) >= 11 is 6.13. The van der Waals surface area contributed by atoms with Gasteiger partial charge < -0.3 is 5.73 Å². The van der Waals surface area contributed by atoms with Gasteiger partial charge in [0.1, 0.15) is 0 Å². The fourth-order valence-corrected chi connectivity index (χ4v) is 1.87. The fourth-order valence-electron chi connectivity index (χ4n) is 1.57. The smallest absolute Gasteiger partial charge is 0.0504 e. The molecule has 0 amide bonds. The molecule has 0 aliphatic rings. The highest BCUT2D eigenvalue weighted by molar-refractivity contribution is 6.32. The highest BCUT2D eigenvalue weighted by atomic mass is 35.5. The molecule has 0 radical (unpaired) electrons. The molecule has 2 aromatic rings. The fraction of sp³-hybridized carbons (Fsp3) is 0. The quantitative estimate of drug-likeness (QED) is 0.775. The van der Waals surface area contributed by atoms with E-state index < -0.39 is 0 Å². The van der Waals surface area contributed by atoms with Gasteiger partial charge in [-0.25, -0.2) is 0 Å². The van der Waals surface area contributed by atoms with Gasteiger partial charge in [-0.15, -0.1) is 0 Å². The third-order valence-corrected chi connectivity index (χ3v) is 2.75. The lowest BCUT2D eigenvalue weighted by Gasteiger charge is -2.08. The van der Waals surface area contributed by atoms with Crippen LogP contribution in [-0.2, 0) is 0 Å². The van der Waals surface area contributed by atoms with Gasteiger partial charge in [0.05, 0.1) is 5.02 Å². The second-order valence-electron chi connectivity index (χ2n) is 3.58. The second-order valence-corrected chi connectivity index (χ2v) is 3.99. The van der Waals surface area contributed by atoms with Crippen LogP contribution < -0.4 is 5.73 Å². The molecule has 0 aliphatic carbocycles. The molecule has 0 heterocycles. The van der Waals surface area contributed by atoms with Crippen LogP contribution in [0.5, 0.6) is 0 Å². The maximum atomic E-state index is 6.13. The number of anilines is 1. The van der Waals surface area contributed by atoms with Crippen molar-refractivity contribution in [3.8, 4) is 0 Å². The first-order valence-corrected chi connectivity index (χ1v) is 5.36. The molecule has 0 atom stereocenters. The second kappa shape index (κ2) is 4.42. The lowest BCUT2D eigenvalue weighted by Crippen LogP contribution is -1.90. The molecule has 0 aromatic heterocycles. The molecule has 2 aromatic carbocycles. The van der Waals surface area contributed by atoms with Gasteiger partial charge in [0.25, 0.3) is 0 Å². The molecular formula is C14H12ClN. The monoisotopic (exact) mass is 229 g/mol. The summed E-state index contributed by atoms with van der Waals surface area (Å²) in [6.07, 6.45) is 0. The van der Waals surface area contributed by atoms with E-state index in [2.05, 4.69) is 6.58 Å². The molecule has 0 bridgehead atoms. The average Bonchev–Trinajstić information content (AvgIpc) is 2.29. The standard InChI is InChI=1S/C14H12ClN/c1-10(11-5-3-2-4-6-11)13-8-7-12(16)9-14(13)15/h2-9H,1,16H2. The third kappa shape index (κ3) is 2.10. The lowest BCUT2D eigenvalue weighted by molar-refractivity contribution is 1.55. The highest BCUT2D eigenvalue weighted by Gasteiger charge is 2.06. The van der Waals surface area contributed by atoms with Gasteiger partial charge >= 0.3 is 0 Å². The number of rotatable bonds is 2. The molecule has 0 fully saturated rings. The molecule has 2 N–H and O–H groups in total. The Bertz CT molecular complexity index is 518. The van der Waals surface area contributed by atoms with Gasteiger partial charge in [-0.3, -0.25) is 0 Å². The maximum Gasteiger partial charge on any atom is 0.0504 e. The molecule has 0 unspecified atom stereocenters. The van der Waals surface area contributed by atoms with E-state index in [1.54, 1.807) is 6.07 Å². The molecule has 2 rings (SSSR count). The van der Waals surface area contributed by atoms with Crippen molar-refractivity contribution in [2.75, 3.05) is 5.73 Å². The Balaban J connectivity index is 2.42. The number of nitrogen functional groups attached to an aromatic ring is 1. The highest BCUT2D eigenvalue weighted by Crippen LogP contribution is 2.29. The Hall–Kier alpha value is -1.73. The van der Waals surface area contributed by atoms with E-state index in [-0.39, 0.29) is 0 Å². The van der Waals surface area contributed by atoms with Crippen molar-refractivity contribution in [1.29, 1.82) is 0 Å². The minimum absolute atomic E-state index is 0.633. The summed E-state index contributed by atoms with van der Waals surface area (Å²) in [7, 11) is 0. The van der Waals surface area contributed by atoms with Crippen LogP contribution in [0.2, 0.25) is 5.02 Å². The Morgan fingerprint density at radius 2 is 1.75 bits per heavy atom. The summed E-state index contributed by atoms with van der Waals surface area (Å²) in [6.45, 7) is 4.06. The Morgan fingerprint density at radius 1 is 1.06 bits per heavy atom. The zero-order valence-corrected chi connectivity index (χ0v) is 9.54. The van der Waals surface area contributed by atoms with Crippen molar-refractivity contribution in [2.24, 2.45) is 0 Å². The van der Waals surface area contributed by atoms with E-state index in [0.717, 1.165) is 16.7 Å². The van der Waals surface area contributed by atoms with Crippen LogP contribution in [0, 0.1) is 0 Å². The van der Waals surface area contributed by atoms with Crippen molar-refractivity contribution >= 4 is 22.9 Å². The normalized spacial score (nSPS) is 10.1. The van der Waals surface area contributed by atoms with Crippen molar-refractivity contribution in [2.45, 2.75) is 0 Å². The van der Waals surface area contributed by atoms with Gasteiger partial charge in [-0.2, -0.15) is 0 Å². The van der Waals surface area contributed by atoms with E-state index in [4.69, 9.17) is 17.3 Å². The molecule has 2 heteroatoms. The van der Waals surface area contributed by atoms with Crippen LogP contribution in [0.3, 0.4) is 0 Å². The van der Waals surface area contributed by atoms with E-state index in [0.29, 0.717) is 10.7 Å². The zero-order chi connectivity index (χ0) is 11.5. The number of hydrogen-bond donors (Lipinski definition) is 1. The predicted molar refractivity (Wildman–Crippen MR) is 70.4 cm³/mol. The van der Waals surface area contributed by atoms with Crippen molar-refractivity contribution < 1.29 is 0 Å². The van der Waals surface area contributed by atoms with Crippen molar-refractivity contribution in [1.82, 2.24) is 0 Å². The van der Waals surface area contributed by atoms with Gasteiger partial charge in [-0.1, -0.05) is 54.6 Å². The van der Waals surface area contributed by atoms with Crippen LogP contribution >= 0.6 is 11.6 Å². The predicted octanol–water partition coefficient (Wildman–Crippen LogP) is 3.98. The van der Waals surface area contributed by atoms with Crippen molar-refractivity contribution in [3.63, 3.8) is 0 Å². The van der Waals surface area contributed by atoms with E-state index in [9.17, 15) is 0 Å². The first-order valence-electron chi connectivity index (χ1n) is 4.98. The summed E-state index contributed by atoms with van der Waals surface area (Å²) in [5.41, 5.74) is 9.20. The Labute approximate surface area is 100 Å². The topological polar surface area (TPSA) is 26.0 Å². The summed E-state index contributed by atoms with van der Waals surface area (Å²) < 4.78 is 0. The summed E-state index contributed by atoms with van der Waals surface area (Å²) in [5, 5.41) is 0.633. The van der Waals surface area contributed by atoms with E-state index in [1.165, 1.54) is 0 Å². The van der Waals surface area contributed by atoms with Crippen LogP contribution in [0.4, 0.5) is 5.69 Å². The Kier molecular flexibility index (Phi) is 2.97. The number of halogens is 1. The molecule has 1 nitrogen and oxygen atoms in total. The van der Waals surface area contributed by atoms with Crippen LogP contribution in [0.25, 0.3) is 5.57 Å². The summed E-state index contributed by atoms with van der Waals surface area (Å²) in [5.74, 6) is 0. The number of benzene rings is 2. The Morgan fingerprint density at radius 3 is 2.38 bits per heavy atom. The van der Waals surface area contributed by atoms with Crippen molar-refractivity contribution in [3.05, 3.63) is 71.3 Å². The molecule has 0 saturated carbocycles. The number of nitrogens with two attached hydrogens (primary N) is 1. The first kappa shape index (κ1) is 10.8. The first-order chi connectivity index (χ1) is 7.68. The van der Waals surface area contributed by atoms with E-state index in [1.807, 2.05) is 42.5 Å². The lowest BCUT2D eigenvalue weighted by atomic mass is 9.99. The number of hydrogen-bond acceptors (Lipinski definition) is 1. The molecular weight excluding hydrogens is 218 g/mol.